The Morgan fingerprint density at radius 3 is 2.61 bits per heavy atom. The Morgan fingerprint density at radius 1 is 1.07 bits per heavy atom. The van der Waals surface area contributed by atoms with Crippen LogP contribution in [0.25, 0.3) is 11.1 Å². The Bertz CT molecular complexity index is 955. The van der Waals surface area contributed by atoms with Gasteiger partial charge in [-0.3, -0.25) is 9.78 Å². The van der Waals surface area contributed by atoms with Crippen LogP contribution in [0.15, 0.2) is 60.8 Å². The van der Waals surface area contributed by atoms with Crippen molar-refractivity contribution in [3.05, 3.63) is 83.2 Å². The summed E-state index contributed by atoms with van der Waals surface area (Å²) in [6, 6.07) is 17.8. The van der Waals surface area contributed by atoms with Crippen molar-refractivity contribution in [1.82, 2.24) is 10.3 Å². The Labute approximate surface area is 165 Å². The summed E-state index contributed by atoms with van der Waals surface area (Å²) in [5, 5.41) is 15.0. The molecule has 1 aromatic heterocycles. The van der Waals surface area contributed by atoms with Gasteiger partial charge in [0.25, 0.3) is 5.91 Å². The van der Waals surface area contributed by atoms with Gasteiger partial charge in [-0.2, -0.15) is 0 Å². The summed E-state index contributed by atoms with van der Waals surface area (Å²) in [5.74, 6) is -0.239. The second-order valence-corrected chi connectivity index (χ2v) is 6.69. The van der Waals surface area contributed by atoms with Crippen LogP contribution in [-0.4, -0.2) is 29.1 Å². The monoisotopic (exact) mass is 375 g/mol. The highest BCUT2D eigenvalue weighted by Crippen LogP contribution is 2.28. The van der Waals surface area contributed by atoms with Crippen molar-refractivity contribution in [2.24, 2.45) is 0 Å². The highest BCUT2D eigenvalue weighted by Gasteiger charge is 2.13. The standard InChI is InChI=1S/C23H25N3O2/c1-16-14-25-22(13-19(16)15-24-11-12-27)23(28)26-21-10-6-9-20(17(21)2)18-7-4-3-5-8-18/h3-10,13-14,24,27H,11-12,15H2,1-2H3,(H,26,28). The van der Waals surface area contributed by atoms with E-state index in [0.717, 1.165) is 33.5 Å². The second-order valence-electron chi connectivity index (χ2n) is 6.69. The van der Waals surface area contributed by atoms with Gasteiger partial charge >= 0.3 is 0 Å². The number of aliphatic hydroxyl groups excluding tert-OH is 1. The maximum atomic E-state index is 12.8. The Morgan fingerprint density at radius 2 is 1.86 bits per heavy atom. The van der Waals surface area contributed by atoms with E-state index in [1.165, 1.54) is 0 Å². The fraction of sp³-hybridized carbons (Fsp3) is 0.217. The third kappa shape index (κ3) is 4.63. The van der Waals surface area contributed by atoms with Crippen molar-refractivity contribution in [3.8, 4) is 11.1 Å². The number of rotatable bonds is 7. The molecule has 2 aromatic carbocycles. The van der Waals surface area contributed by atoms with E-state index in [0.29, 0.717) is 18.8 Å². The maximum Gasteiger partial charge on any atom is 0.274 e. The quantitative estimate of drug-likeness (QED) is 0.551. The zero-order valence-corrected chi connectivity index (χ0v) is 16.2. The van der Waals surface area contributed by atoms with Crippen molar-refractivity contribution in [1.29, 1.82) is 0 Å². The second kappa shape index (κ2) is 9.26. The van der Waals surface area contributed by atoms with Gasteiger partial charge in [-0.15, -0.1) is 0 Å². The molecule has 0 fully saturated rings. The van der Waals surface area contributed by atoms with Gasteiger partial charge in [0.15, 0.2) is 0 Å². The minimum Gasteiger partial charge on any atom is -0.395 e. The number of anilines is 1. The summed E-state index contributed by atoms with van der Waals surface area (Å²) < 4.78 is 0. The average molecular weight is 375 g/mol. The summed E-state index contributed by atoms with van der Waals surface area (Å²) in [6.07, 6.45) is 1.71. The van der Waals surface area contributed by atoms with Gasteiger partial charge in [0.1, 0.15) is 5.69 Å². The van der Waals surface area contributed by atoms with Gasteiger partial charge in [0.05, 0.1) is 6.61 Å². The predicted molar refractivity (Wildman–Crippen MR) is 112 cm³/mol. The van der Waals surface area contributed by atoms with Gasteiger partial charge < -0.3 is 15.7 Å². The molecular formula is C23H25N3O2. The van der Waals surface area contributed by atoms with E-state index in [2.05, 4.69) is 33.8 Å². The van der Waals surface area contributed by atoms with Gasteiger partial charge in [-0.1, -0.05) is 42.5 Å². The minimum absolute atomic E-state index is 0.0779. The summed E-state index contributed by atoms with van der Waals surface area (Å²) in [7, 11) is 0. The average Bonchev–Trinajstić information content (AvgIpc) is 2.71. The number of hydrogen-bond acceptors (Lipinski definition) is 4. The zero-order chi connectivity index (χ0) is 19.9. The summed E-state index contributed by atoms with van der Waals surface area (Å²) in [6.45, 7) is 5.13. The molecule has 1 amide bonds. The van der Waals surface area contributed by atoms with Crippen molar-refractivity contribution >= 4 is 11.6 Å². The first kappa shape index (κ1) is 19.7. The van der Waals surface area contributed by atoms with Gasteiger partial charge in [-0.25, -0.2) is 0 Å². The van der Waals surface area contributed by atoms with E-state index in [1.54, 1.807) is 12.3 Å². The molecule has 3 N–H and O–H groups in total. The number of amides is 1. The topological polar surface area (TPSA) is 74.2 Å². The number of carbonyl (C=O) groups is 1. The van der Waals surface area contributed by atoms with Crippen LogP contribution in [0.5, 0.6) is 0 Å². The largest absolute Gasteiger partial charge is 0.395 e. The van der Waals surface area contributed by atoms with E-state index in [9.17, 15) is 4.79 Å². The molecule has 144 valence electrons. The van der Waals surface area contributed by atoms with Gasteiger partial charge in [-0.05, 0) is 53.8 Å². The molecule has 5 nitrogen and oxygen atoms in total. The number of carbonyl (C=O) groups excluding carboxylic acids is 1. The third-order valence-electron chi connectivity index (χ3n) is 4.72. The van der Waals surface area contributed by atoms with E-state index in [-0.39, 0.29) is 12.5 Å². The molecule has 0 atom stereocenters. The first-order chi connectivity index (χ1) is 13.6. The number of nitrogens with zero attached hydrogens (tertiary/aromatic N) is 1. The summed E-state index contributed by atoms with van der Waals surface area (Å²) in [4.78, 5) is 17.1. The molecule has 3 rings (SSSR count). The predicted octanol–water partition coefficient (Wildman–Crippen LogP) is 3.70. The number of aromatic nitrogens is 1. The van der Waals surface area contributed by atoms with Crippen LogP contribution in [0.3, 0.4) is 0 Å². The Kier molecular flexibility index (Phi) is 6.53. The lowest BCUT2D eigenvalue weighted by Gasteiger charge is -2.13. The Balaban J connectivity index is 1.81. The highest BCUT2D eigenvalue weighted by molar-refractivity contribution is 6.03. The Hall–Kier alpha value is -3.02. The van der Waals surface area contributed by atoms with Crippen LogP contribution in [0.2, 0.25) is 0 Å². The summed E-state index contributed by atoms with van der Waals surface area (Å²) in [5.41, 5.74) is 6.35. The van der Waals surface area contributed by atoms with E-state index < -0.39 is 0 Å². The lowest BCUT2D eigenvalue weighted by Crippen LogP contribution is -2.20. The molecule has 0 aliphatic heterocycles. The molecule has 0 aliphatic carbocycles. The number of aliphatic hydroxyl groups is 1. The molecule has 0 radical (unpaired) electrons. The van der Waals surface area contributed by atoms with Crippen LogP contribution < -0.4 is 10.6 Å². The first-order valence-corrected chi connectivity index (χ1v) is 9.33. The molecule has 0 saturated carbocycles. The molecule has 0 spiro atoms. The van der Waals surface area contributed by atoms with Gasteiger partial charge in [0.2, 0.25) is 0 Å². The van der Waals surface area contributed by atoms with Crippen molar-refractivity contribution in [3.63, 3.8) is 0 Å². The molecule has 0 aliphatic rings. The highest BCUT2D eigenvalue weighted by atomic mass is 16.3. The maximum absolute atomic E-state index is 12.8. The minimum atomic E-state index is -0.239. The number of nitrogens with one attached hydrogen (secondary N) is 2. The van der Waals surface area contributed by atoms with E-state index in [1.807, 2.05) is 44.2 Å². The van der Waals surface area contributed by atoms with Crippen LogP contribution in [0.4, 0.5) is 5.69 Å². The van der Waals surface area contributed by atoms with Crippen LogP contribution in [-0.2, 0) is 6.54 Å². The smallest absolute Gasteiger partial charge is 0.274 e. The fourth-order valence-electron chi connectivity index (χ4n) is 3.07. The van der Waals surface area contributed by atoms with Crippen molar-refractivity contribution in [2.75, 3.05) is 18.5 Å². The normalized spacial score (nSPS) is 10.7. The first-order valence-electron chi connectivity index (χ1n) is 9.33. The number of aryl methyl sites for hydroxylation is 1. The molecule has 0 unspecified atom stereocenters. The SMILES string of the molecule is Cc1cnc(C(=O)Nc2cccc(-c3ccccc3)c2C)cc1CNCCO. The van der Waals surface area contributed by atoms with Crippen molar-refractivity contribution in [2.45, 2.75) is 20.4 Å². The lowest BCUT2D eigenvalue weighted by atomic mass is 9.99. The lowest BCUT2D eigenvalue weighted by molar-refractivity contribution is 0.102. The zero-order valence-electron chi connectivity index (χ0n) is 16.2. The van der Waals surface area contributed by atoms with Crippen LogP contribution in [0.1, 0.15) is 27.2 Å². The molecule has 0 bridgehead atoms. The molecule has 1 heterocycles. The van der Waals surface area contributed by atoms with E-state index in [4.69, 9.17) is 5.11 Å². The van der Waals surface area contributed by atoms with Gasteiger partial charge in [0, 0.05) is 25.0 Å². The molecular weight excluding hydrogens is 350 g/mol. The summed E-state index contributed by atoms with van der Waals surface area (Å²) >= 11 is 0. The molecule has 0 saturated heterocycles. The number of benzene rings is 2. The van der Waals surface area contributed by atoms with E-state index >= 15 is 0 Å². The molecule has 5 heteroatoms. The van der Waals surface area contributed by atoms with Crippen LogP contribution in [0, 0.1) is 13.8 Å². The molecule has 3 aromatic rings. The van der Waals surface area contributed by atoms with Crippen LogP contribution >= 0.6 is 0 Å². The third-order valence-corrected chi connectivity index (χ3v) is 4.72. The molecule has 28 heavy (non-hydrogen) atoms. The number of pyridine rings is 1. The number of hydrogen-bond donors (Lipinski definition) is 3. The van der Waals surface area contributed by atoms with Crippen molar-refractivity contribution < 1.29 is 9.90 Å². The fourth-order valence-corrected chi connectivity index (χ4v) is 3.07.